The van der Waals surface area contributed by atoms with Gasteiger partial charge in [-0.05, 0) is 41.3 Å². The quantitative estimate of drug-likeness (QED) is 0.667. The second-order valence-corrected chi connectivity index (χ2v) is 8.18. The van der Waals surface area contributed by atoms with E-state index in [2.05, 4.69) is 4.90 Å². The van der Waals surface area contributed by atoms with Crippen molar-refractivity contribution < 1.29 is 17.9 Å². The summed E-state index contributed by atoms with van der Waals surface area (Å²) in [5.41, 5.74) is 8.39. The maximum atomic E-state index is 12.0. The molecule has 6 nitrogen and oxygen atoms in total. The molecule has 8 heteroatoms. The SMILES string of the molecule is NC(=O)c1cc(C[SH](=O)=O)ccc1CC(c1ccc(Cl)cc1)N1CCOCC1. The number of carbonyl (C=O) groups is 1. The number of amides is 1. The average Bonchev–Trinajstić information content (AvgIpc) is 2.68. The van der Waals surface area contributed by atoms with Gasteiger partial charge >= 0.3 is 0 Å². The Balaban J connectivity index is 1.95. The Morgan fingerprint density at radius 1 is 1.14 bits per heavy atom. The summed E-state index contributed by atoms with van der Waals surface area (Å²) in [5, 5.41) is 0.665. The first kappa shape index (κ1) is 20.8. The van der Waals surface area contributed by atoms with Gasteiger partial charge in [0.05, 0.1) is 19.0 Å². The summed E-state index contributed by atoms with van der Waals surface area (Å²) in [5.74, 6) is -0.672. The molecule has 0 aliphatic carbocycles. The van der Waals surface area contributed by atoms with Gasteiger partial charge in [-0.3, -0.25) is 9.69 Å². The Morgan fingerprint density at radius 3 is 2.43 bits per heavy atom. The molecule has 0 spiro atoms. The highest BCUT2D eigenvalue weighted by molar-refractivity contribution is 7.71. The lowest BCUT2D eigenvalue weighted by atomic mass is 9.93. The topological polar surface area (TPSA) is 89.7 Å². The molecule has 1 aliphatic rings. The molecule has 2 N–H and O–H groups in total. The summed E-state index contributed by atoms with van der Waals surface area (Å²) >= 11 is 6.04. The van der Waals surface area contributed by atoms with Gasteiger partial charge in [0.2, 0.25) is 5.91 Å². The standard InChI is InChI=1S/C20H23ClN2O4S/c21-17-5-3-15(4-6-17)19(23-7-9-27-10-8-23)12-16-2-1-14(13-28(25)26)11-18(16)20(22)24/h1-6,11,19,28H,7-10,12-13H2,(H2,22,24). The molecule has 1 aliphatic heterocycles. The summed E-state index contributed by atoms with van der Waals surface area (Å²) in [6, 6.07) is 12.8. The number of halogens is 1. The average molecular weight is 423 g/mol. The molecular formula is C20H23ClN2O4S. The van der Waals surface area contributed by atoms with Crippen LogP contribution in [0.2, 0.25) is 5.02 Å². The number of hydrogen-bond acceptors (Lipinski definition) is 5. The lowest BCUT2D eigenvalue weighted by molar-refractivity contribution is 0.0160. The zero-order valence-electron chi connectivity index (χ0n) is 15.3. The van der Waals surface area contributed by atoms with Crippen molar-refractivity contribution >= 4 is 28.2 Å². The molecule has 1 unspecified atom stereocenters. The highest BCUT2D eigenvalue weighted by Crippen LogP contribution is 2.29. The number of nitrogens with zero attached hydrogens (tertiary/aromatic N) is 1. The molecule has 0 aromatic heterocycles. The highest BCUT2D eigenvalue weighted by atomic mass is 35.5. The van der Waals surface area contributed by atoms with Crippen LogP contribution in [0.4, 0.5) is 0 Å². The van der Waals surface area contributed by atoms with Gasteiger partial charge in [0, 0.05) is 29.7 Å². The Labute approximate surface area is 171 Å². The predicted octanol–water partition coefficient (Wildman–Crippen LogP) is 2.17. The van der Waals surface area contributed by atoms with Crippen LogP contribution in [0.1, 0.15) is 33.1 Å². The van der Waals surface area contributed by atoms with E-state index in [-0.39, 0.29) is 11.8 Å². The van der Waals surface area contributed by atoms with Gasteiger partial charge in [-0.1, -0.05) is 35.9 Å². The number of thiol groups is 1. The molecule has 2 aromatic rings. The van der Waals surface area contributed by atoms with Gasteiger partial charge in [0.1, 0.15) is 10.7 Å². The molecule has 0 radical (unpaired) electrons. The molecule has 150 valence electrons. The molecule has 0 saturated carbocycles. The summed E-state index contributed by atoms with van der Waals surface area (Å²) in [4.78, 5) is 14.3. The van der Waals surface area contributed by atoms with E-state index in [1.807, 2.05) is 24.3 Å². The molecule has 3 rings (SSSR count). The van der Waals surface area contributed by atoms with Crippen LogP contribution in [0.15, 0.2) is 42.5 Å². The maximum Gasteiger partial charge on any atom is 0.248 e. The van der Waals surface area contributed by atoms with Crippen molar-refractivity contribution in [1.29, 1.82) is 0 Å². The Kier molecular flexibility index (Phi) is 7.07. The van der Waals surface area contributed by atoms with Gasteiger partial charge < -0.3 is 10.5 Å². The van der Waals surface area contributed by atoms with Gasteiger partial charge in [-0.15, -0.1) is 0 Å². The van der Waals surface area contributed by atoms with Crippen molar-refractivity contribution in [3.05, 3.63) is 69.7 Å². The van der Waals surface area contributed by atoms with E-state index in [0.717, 1.165) is 24.2 Å². The summed E-state index contributed by atoms with van der Waals surface area (Å²) in [7, 11) is -2.57. The second kappa shape index (κ2) is 9.52. The minimum atomic E-state index is -2.57. The van der Waals surface area contributed by atoms with E-state index < -0.39 is 16.6 Å². The largest absolute Gasteiger partial charge is 0.379 e. The van der Waals surface area contributed by atoms with Crippen molar-refractivity contribution in [3.63, 3.8) is 0 Å². The minimum absolute atomic E-state index is 0.0289. The van der Waals surface area contributed by atoms with E-state index in [1.165, 1.54) is 0 Å². The van der Waals surface area contributed by atoms with Gasteiger partial charge in [0.15, 0.2) is 0 Å². The molecule has 1 heterocycles. The van der Waals surface area contributed by atoms with Crippen molar-refractivity contribution in [3.8, 4) is 0 Å². The number of carbonyl (C=O) groups excluding carboxylic acids is 1. The van der Waals surface area contributed by atoms with Gasteiger partial charge in [-0.25, -0.2) is 8.42 Å². The zero-order valence-corrected chi connectivity index (χ0v) is 17.0. The molecule has 0 bridgehead atoms. The molecular weight excluding hydrogens is 400 g/mol. The van der Waals surface area contributed by atoms with Crippen LogP contribution in [-0.4, -0.2) is 45.5 Å². The van der Waals surface area contributed by atoms with E-state index in [4.69, 9.17) is 22.1 Å². The van der Waals surface area contributed by atoms with Crippen LogP contribution >= 0.6 is 11.6 Å². The van der Waals surface area contributed by atoms with E-state index >= 15 is 0 Å². The van der Waals surface area contributed by atoms with Crippen LogP contribution in [0.5, 0.6) is 0 Å². The smallest absolute Gasteiger partial charge is 0.248 e. The Hall–Kier alpha value is -1.93. The summed E-state index contributed by atoms with van der Waals surface area (Å²) < 4.78 is 27.5. The van der Waals surface area contributed by atoms with Crippen molar-refractivity contribution in [1.82, 2.24) is 4.90 Å². The van der Waals surface area contributed by atoms with Crippen LogP contribution in [0, 0.1) is 0 Å². The number of primary amides is 1. The number of benzene rings is 2. The fourth-order valence-corrected chi connectivity index (χ4v) is 4.14. The predicted molar refractivity (Wildman–Crippen MR) is 109 cm³/mol. The Bertz CT molecular complexity index is 901. The fourth-order valence-electron chi connectivity index (χ4n) is 3.52. The second-order valence-electron chi connectivity index (χ2n) is 6.77. The number of morpholine rings is 1. The first-order chi connectivity index (χ1) is 13.4. The molecule has 1 atom stereocenters. The first-order valence-electron chi connectivity index (χ1n) is 9.04. The van der Waals surface area contributed by atoms with Crippen LogP contribution < -0.4 is 5.73 Å². The third kappa shape index (κ3) is 5.32. The molecule has 1 saturated heterocycles. The zero-order chi connectivity index (χ0) is 20.1. The third-order valence-corrected chi connectivity index (χ3v) is 5.78. The third-order valence-electron chi connectivity index (χ3n) is 4.91. The monoisotopic (exact) mass is 422 g/mol. The normalized spacial score (nSPS) is 16.2. The van der Waals surface area contributed by atoms with E-state index in [0.29, 0.717) is 35.8 Å². The number of nitrogens with two attached hydrogens (primary N) is 1. The van der Waals surface area contributed by atoms with Crippen molar-refractivity contribution in [2.24, 2.45) is 5.73 Å². The first-order valence-corrected chi connectivity index (χ1v) is 10.8. The van der Waals surface area contributed by atoms with E-state index in [9.17, 15) is 13.2 Å². The molecule has 1 amide bonds. The lowest BCUT2D eigenvalue weighted by Crippen LogP contribution is -2.40. The van der Waals surface area contributed by atoms with Crippen LogP contribution in [-0.2, 0) is 27.6 Å². The lowest BCUT2D eigenvalue weighted by Gasteiger charge is -2.35. The maximum absolute atomic E-state index is 12.0. The number of ether oxygens (including phenoxy) is 1. The van der Waals surface area contributed by atoms with Crippen molar-refractivity contribution in [2.45, 2.75) is 18.2 Å². The van der Waals surface area contributed by atoms with Gasteiger partial charge in [0.25, 0.3) is 0 Å². The number of rotatable bonds is 7. The molecule has 1 fully saturated rings. The fraction of sp³-hybridized carbons (Fsp3) is 0.350. The highest BCUT2D eigenvalue weighted by Gasteiger charge is 2.24. The summed E-state index contributed by atoms with van der Waals surface area (Å²) in [6.45, 7) is 2.88. The van der Waals surface area contributed by atoms with Crippen LogP contribution in [0.3, 0.4) is 0 Å². The van der Waals surface area contributed by atoms with E-state index in [1.54, 1.807) is 18.2 Å². The van der Waals surface area contributed by atoms with Crippen molar-refractivity contribution in [2.75, 3.05) is 26.3 Å². The molecule has 2 aromatic carbocycles. The van der Waals surface area contributed by atoms with Gasteiger partial charge in [-0.2, -0.15) is 0 Å². The number of hydrogen-bond donors (Lipinski definition) is 2. The summed E-state index contributed by atoms with van der Waals surface area (Å²) in [6.07, 6.45) is 0.573. The van der Waals surface area contributed by atoms with Crippen LogP contribution in [0.25, 0.3) is 0 Å². The minimum Gasteiger partial charge on any atom is -0.379 e. The Morgan fingerprint density at radius 2 is 1.82 bits per heavy atom. The molecule has 28 heavy (non-hydrogen) atoms.